The van der Waals surface area contributed by atoms with Gasteiger partial charge < -0.3 is 25.4 Å². The lowest BCUT2D eigenvalue weighted by molar-refractivity contribution is -0.658. The van der Waals surface area contributed by atoms with E-state index in [4.69, 9.17) is 0 Å². The molecule has 2 atom stereocenters. The minimum absolute atomic E-state index is 0.00107. The van der Waals surface area contributed by atoms with E-state index in [2.05, 4.69) is 10.6 Å². The second-order valence-corrected chi connectivity index (χ2v) is 7.56. The summed E-state index contributed by atoms with van der Waals surface area (Å²) < 4.78 is 0. The molecular weight excluding hydrogens is 346 g/mol. The van der Waals surface area contributed by atoms with Gasteiger partial charge in [0.25, 0.3) is 5.91 Å². The number of likely N-dealkylation sites (tertiary alicyclic amines) is 1. The number of quaternary nitrogens is 1. The van der Waals surface area contributed by atoms with Crippen LogP contribution in [0.3, 0.4) is 0 Å². The smallest absolute Gasteiger partial charge is 0.280 e. The Morgan fingerprint density at radius 3 is 2.44 bits per heavy atom. The summed E-state index contributed by atoms with van der Waals surface area (Å²) >= 11 is 0. The maximum absolute atomic E-state index is 13.1. The molecule has 0 radical (unpaired) electrons. The zero-order valence-corrected chi connectivity index (χ0v) is 15.6. The lowest BCUT2D eigenvalue weighted by atomic mass is 9.71. The van der Waals surface area contributed by atoms with Gasteiger partial charge in [-0.25, -0.2) is 0 Å². The minimum atomic E-state index is -1.31. The van der Waals surface area contributed by atoms with Gasteiger partial charge in [-0.05, 0) is 25.3 Å². The number of carboxylic acid groups (broad SMARTS) is 1. The fraction of sp³-hybridized carbons (Fsp3) is 0.550. The molecule has 146 valence electrons. The molecule has 3 rings (SSSR count). The molecule has 2 heterocycles. The number of nitrogens with two attached hydrogens (primary N) is 1. The standard InChI is InChI=1S/C20H27N3O4/c1-14(18(25)26)22-19(27)20(15-6-3-2-4-7-15)9-12-23(13-10-20)17(24)16-8-5-11-21-16/h2-4,6-7,14,16,21H,5,8-13H2,1H3,(H,22,27)(H,25,26)/t14-,16-/m0/s1. The molecule has 3 N–H and O–H groups in total. The Balaban J connectivity index is 1.77. The fourth-order valence-electron chi connectivity index (χ4n) is 4.14. The van der Waals surface area contributed by atoms with E-state index in [1.165, 1.54) is 6.92 Å². The number of benzene rings is 1. The highest BCUT2D eigenvalue weighted by Gasteiger charge is 2.45. The summed E-state index contributed by atoms with van der Waals surface area (Å²) in [5.41, 5.74) is 0.0220. The number of carbonyl (C=O) groups excluding carboxylic acids is 3. The van der Waals surface area contributed by atoms with Gasteiger partial charge in [0.2, 0.25) is 5.91 Å². The summed E-state index contributed by atoms with van der Waals surface area (Å²) in [6, 6.07) is 8.35. The van der Waals surface area contributed by atoms with Crippen LogP contribution in [-0.4, -0.2) is 54.4 Å². The van der Waals surface area contributed by atoms with E-state index in [0.717, 1.165) is 24.9 Å². The number of rotatable bonds is 5. The topological polar surface area (TPSA) is 106 Å². The van der Waals surface area contributed by atoms with E-state index >= 15 is 0 Å². The third-order valence-corrected chi connectivity index (χ3v) is 5.88. The first-order chi connectivity index (χ1) is 12.9. The zero-order chi connectivity index (χ0) is 19.4. The highest BCUT2D eigenvalue weighted by atomic mass is 16.4. The molecule has 7 nitrogen and oxygen atoms in total. The second-order valence-electron chi connectivity index (χ2n) is 7.56. The molecule has 7 heteroatoms. The summed E-state index contributed by atoms with van der Waals surface area (Å²) in [4.78, 5) is 38.7. The number of aliphatic carboxylic acids is 1. The highest BCUT2D eigenvalue weighted by Crippen LogP contribution is 2.36. The number of amides is 2. The van der Waals surface area contributed by atoms with Gasteiger partial charge >= 0.3 is 0 Å². The van der Waals surface area contributed by atoms with Crippen LogP contribution in [0, 0.1) is 0 Å². The van der Waals surface area contributed by atoms with E-state index in [0.29, 0.717) is 25.9 Å². The van der Waals surface area contributed by atoms with Gasteiger partial charge in [0.15, 0.2) is 6.04 Å². The van der Waals surface area contributed by atoms with Crippen LogP contribution in [0.1, 0.15) is 38.2 Å². The van der Waals surface area contributed by atoms with Crippen molar-refractivity contribution >= 4 is 17.8 Å². The third-order valence-electron chi connectivity index (χ3n) is 5.88. The van der Waals surface area contributed by atoms with Crippen molar-refractivity contribution in [2.75, 3.05) is 19.6 Å². The first kappa shape index (κ1) is 19.4. The molecule has 0 spiro atoms. The van der Waals surface area contributed by atoms with Crippen LogP contribution in [0.25, 0.3) is 0 Å². The number of carbonyl (C=O) groups is 3. The van der Waals surface area contributed by atoms with Crippen LogP contribution in [0.5, 0.6) is 0 Å². The first-order valence-corrected chi connectivity index (χ1v) is 9.63. The Labute approximate surface area is 159 Å². The molecule has 2 fully saturated rings. The monoisotopic (exact) mass is 373 g/mol. The quantitative estimate of drug-likeness (QED) is 0.657. The summed E-state index contributed by atoms with van der Waals surface area (Å²) in [6.07, 6.45) is 2.91. The van der Waals surface area contributed by atoms with Crippen LogP contribution in [-0.2, 0) is 19.8 Å². The average Bonchev–Trinajstić information content (AvgIpc) is 3.22. The molecule has 2 aliphatic heterocycles. The molecule has 2 amide bonds. The molecule has 1 aromatic rings. The minimum Gasteiger partial charge on any atom is -0.548 e. The van der Waals surface area contributed by atoms with Gasteiger partial charge in [-0.1, -0.05) is 30.3 Å². The van der Waals surface area contributed by atoms with Crippen molar-refractivity contribution in [3.8, 4) is 0 Å². The van der Waals surface area contributed by atoms with Gasteiger partial charge in [-0.2, -0.15) is 0 Å². The lowest BCUT2D eigenvalue weighted by Gasteiger charge is -2.42. The molecular formula is C20H27N3O4. The molecule has 0 aromatic heterocycles. The van der Waals surface area contributed by atoms with E-state index in [-0.39, 0.29) is 17.9 Å². The summed E-state index contributed by atoms with van der Waals surface area (Å²) in [6.45, 7) is 3.37. The Bertz CT molecular complexity index is 692. The van der Waals surface area contributed by atoms with E-state index in [9.17, 15) is 19.5 Å². The van der Waals surface area contributed by atoms with Gasteiger partial charge in [0, 0.05) is 25.9 Å². The Kier molecular flexibility index (Phi) is 5.79. The molecule has 0 saturated carbocycles. The SMILES string of the molecule is C[C@H](NC(=O)C1(c2ccccc2)CCN(C(=O)[C@@H]2CCC[NH2+]2)CC1)C(=O)[O-]. The van der Waals surface area contributed by atoms with E-state index in [1.54, 1.807) is 0 Å². The van der Waals surface area contributed by atoms with Gasteiger partial charge in [0.1, 0.15) is 0 Å². The molecule has 0 bridgehead atoms. The predicted molar refractivity (Wildman–Crippen MR) is 96.4 cm³/mol. The van der Waals surface area contributed by atoms with Crippen molar-refractivity contribution in [2.45, 2.75) is 50.1 Å². The van der Waals surface area contributed by atoms with Crippen molar-refractivity contribution in [2.24, 2.45) is 0 Å². The number of carboxylic acids is 1. The average molecular weight is 373 g/mol. The van der Waals surface area contributed by atoms with Crippen molar-refractivity contribution < 1.29 is 24.8 Å². The maximum atomic E-state index is 13.1. The van der Waals surface area contributed by atoms with Gasteiger partial charge in [-0.3, -0.25) is 9.59 Å². The highest BCUT2D eigenvalue weighted by molar-refractivity contribution is 5.91. The largest absolute Gasteiger partial charge is 0.548 e. The second kappa shape index (κ2) is 8.08. The van der Waals surface area contributed by atoms with Gasteiger partial charge in [0.05, 0.1) is 24.0 Å². The number of hydrogen-bond acceptors (Lipinski definition) is 4. The predicted octanol–water partition coefficient (Wildman–Crippen LogP) is -1.47. The number of nitrogens with one attached hydrogen (secondary N) is 1. The Morgan fingerprint density at radius 2 is 1.89 bits per heavy atom. The van der Waals surface area contributed by atoms with Crippen LogP contribution in [0.4, 0.5) is 0 Å². The third kappa shape index (κ3) is 3.98. The Hall–Kier alpha value is -2.41. The van der Waals surface area contributed by atoms with Crippen molar-refractivity contribution in [3.05, 3.63) is 35.9 Å². The zero-order valence-electron chi connectivity index (χ0n) is 15.6. The fourth-order valence-corrected chi connectivity index (χ4v) is 4.14. The molecule has 2 saturated heterocycles. The van der Waals surface area contributed by atoms with Crippen LogP contribution >= 0.6 is 0 Å². The summed E-state index contributed by atoms with van der Waals surface area (Å²) in [5.74, 6) is -1.47. The first-order valence-electron chi connectivity index (χ1n) is 9.63. The molecule has 1 aromatic carbocycles. The Morgan fingerprint density at radius 1 is 1.22 bits per heavy atom. The van der Waals surface area contributed by atoms with Crippen LogP contribution < -0.4 is 15.7 Å². The lowest BCUT2D eigenvalue weighted by Crippen LogP contribution is -2.89. The number of hydrogen-bond donors (Lipinski definition) is 2. The summed E-state index contributed by atoms with van der Waals surface area (Å²) in [7, 11) is 0. The van der Waals surface area contributed by atoms with Gasteiger partial charge in [-0.15, -0.1) is 0 Å². The van der Waals surface area contributed by atoms with Crippen molar-refractivity contribution in [1.82, 2.24) is 10.2 Å². The van der Waals surface area contributed by atoms with E-state index in [1.807, 2.05) is 35.2 Å². The molecule has 0 unspecified atom stereocenters. The van der Waals surface area contributed by atoms with Crippen molar-refractivity contribution in [3.63, 3.8) is 0 Å². The molecule has 0 aliphatic carbocycles. The maximum Gasteiger partial charge on any atom is 0.280 e. The van der Waals surface area contributed by atoms with Crippen molar-refractivity contribution in [1.29, 1.82) is 0 Å². The normalized spacial score (nSPS) is 22.9. The number of nitrogens with zero attached hydrogens (tertiary/aromatic N) is 1. The molecule has 27 heavy (non-hydrogen) atoms. The molecule has 2 aliphatic rings. The summed E-state index contributed by atoms with van der Waals surface area (Å²) in [5, 5.41) is 15.7. The number of piperidine rings is 1. The van der Waals surface area contributed by atoms with E-state index < -0.39 is 17.4 Å². The van der Waals surface area contributed by atoms with Crippen LogP contribution in [0.15, 0.2) is 30.3 Å². The van der Waals surface area contributed by atoms with Crippen LogP contribution in [0.2, 0.25) is 0 Å².